The van der Waals surface area contributed by atoms with E-state index in [0.29, 0.717) is 0 Å². The molecule has 0 aliphatic rings. The van der Waals surface area contributed by atoms with Crippen LogP contribution in [0.4, 0.5) is 0 Å². The number of H-pyrrole nitrogens is 1. The van der Waals surface area contributed by atoms with Crippen molar-refractivity contribution in [2.75, 3.05) is 0 Å². The molecule has 0 fully saturated rings. The lowest BCUT2D eigenvalue weighted by atomic mass is 10.0. The quantitative estimate of drug-likeness (QED) is 0.489. The molecule has 5 N–H and O–H groups in total. The van der Waals surface area contributed by atoms with Crippen molar-refractivity contribution in [3.8, 4) is 0 Å². The number of fused-ring (bicyclic) bond motifs is 1. The van der Waals surface area contributed by atoms with Gasteiger partial charge in [0.05, 0.1) is 6.10 Å². The van der Waals surface area contributed by atoms with Crippen LogP contribution in [-0.4, -0.2) is 46.1 Å². The fourth-order valence-electron chi connectivity index (χ4n) is 2.70. The number of hydrogen-bond donors (Lipinski definition) is 4. The number of nitrogens with two attached hydrogens (primary N) is 1. The van der Waals surface area contributed by atoms with Gasteiger partial charge in [0, 0.05) is 29.9 Å². The van der Waals surface area contributed by atoms with E-state index in [1.165, 1.54) is 0 Å². The number of ether oxygens (including phenoxy) is 1. The first-order valence-corrected chi connectivity index (χ1v) is 8.81. The van der Waals surface area contributed by atoms with Gasteiger partial charge >= 0.3 is 11.9 Å². The summed E-state index contributed by atoms with van der Waals surface area (Å²) in [5, 5.41) is 12.4. The predicted molar refractivity (Wildman–Crippen MR) is 100 cm³/mol. The number of carbonyl (C=O) groups excluding carboxylic acids is 2. The first kappa shape index (κ1) is 20.4. The number of nitrogens with one attached hydrogen (secondary N) is 2. The van der Waals surface area contributed by atoms with E-state index < -0.39 is 29.9 Å². The zero-order valence-corrected chi connectivity index (χ0v) is 15.4. The van der Waals surface area contributed by atoms with Crippen LogP contribution >= 0.6 is 0 Å². The van der Waals surface area contributed by atoms with E-state index in [1.54, 1.807) is 20.0 Å². The summed E-state index contributed by atoms with van der Waals surface area (Å²) in [6.45, 7) is 3.46. The number of aliphatic carboxylic acids is 1. The van der Waals surface area contributed by atoms with Gasteiger partial charge in [0.15, 0.2) is 0 Å². The maximum absolute atomic E-state index is 12.4. The van der Waals surface area contributed by atoms with Crippen molar-refractivity contribution < 1.29 is 24.2 Å². The van der Waals surface area contributed by atoms with Gasteiger partial charge in [-0.15, -0.1) is 0 Å². The number of esters is 1. The number of benzene rings is 1. The summed E-state index contributed by atoms with van der Waals surface area (Å²) >= 11 is 0. The number of aromatic amines is 1. The Morgan fingerprint density at radius 3 is 2.63 bits per heavy atom. The molecule has 0 bridgehead atoms. The minimum atomic E-state index is -1.17. The standard InChI is InChI=1S/C19H25N3O5/c1-11(2)27-19(26)16(22-17(23)8-7-14(20)18(24)25)9-12-10-21-15-6-4-3-5-13(12)15/h3-6,10-11,14,16,21H,7-9,20H2,1-2H3,(H,22,23)(H,24,25)/t14-,16-/m1/s1. The van der Waals surface area contributed by atoms with Crippen molar-refractivity contribution >= 4 is 28.7 Å². The highest BCUT2D eigenvalue weighted by molar-refractivity contribution is 5.87. The Bertz CT molecular complexity index is 815. The molecule has 0 aliphatic heterocycles. The third-order valence-corrected chi connectivity index (χ3v) is 4.07. The Kier molecular flexibility index (Phi) is 6.95. The first-order chi connectivity index (χ1) is 12.8. The number of carboxylic acid groups (broad SMARTS) is 1. The summed E-state index contributed by atoms with van der Waals surface area (Å²) in [6, 6.07) is 5.66. The van der Waals surface area contributed by atoms with Crippen LogP contribution < -0.4 is 11.1 Å². The number of carboxylic acids is 1. The smallest absolute Gasteiger partial charge is 0.329 e. The molecule has 0 saturated carbocycles. The molecule has 1 amide bonds. The Morgan fingerprint density at radius 2 is 1.96 bits per heavy atom. The molecule has 0 unspecified atom stereocenters. The molecule has 8 nitrogen and oxygen atoms in total. The minimum absolute atomic E-state index is 0.0137. The Morgan fingerprint density at radius 1 is 1.26 bits per heavy atom. The molecular formula is C19H25N3O5. The van der Waals surface area contributed by atoms with Gasteiger partial charge in [-0.2, -0.15) is 0 Å². The van der Waals surface area contributed by atoms with Crippen LogP contribution in [0.5, 0.6) is 0 Å². The molecule has 8 heteroatoms. The van der Waals surface area contributed by atoms with Crippen LogP contribution in [0.3, 0.4) is 0 Å². The molecule has 0 saturated heterocycles. The highest BCUT2D eigenvalue weighted by Gasteiger charge is 2.25. The summed E-state index contributed by atoms with van der Waals surface area (Å²) in [5.41, 5.74) is 7.22. The van der Waals surface area contributed by atoms with Crippen LogP contribution in [-0.2, 0) is 25.5 Å². The van der Waals surface area contributed by atoms with Gasteiger partial charge in [-0.3, -0.25) is 9.59 Å². The number of rotatable bonds is 9. The van der Waals surface area contributed by atoms with Crippen molar-refractivity contribution in [3.05, 3.63) is 36.0 Å². The molecule has 1 aromatic heterocycles. The minimum Gasteiger partial charge on any atom is -0.480 e. The zero-order chi connectivity index (χ0) is 20.0. The fraction of sp³-hybridized carbons (Fsp3) is 0.421. The summed E-state index contributed by atoms with van der Waals surface area (Å²) in [4.78, 5) is 38.5. The Hall–Kier alpha value is -2.87. The summed E-state index contributed by atoms with van der Waals surface area (Å²) in [7, 11) is 0. The average molecular weight is 375 g/mol. The molecule has 0 aliphatic carbocycles. The number of aromatic nitrogens is 1. The van der Waals surface area contributed by atoms with E-state index in [9.17, 15) is 14.4 Å². The maximum atomic E-state index is 12.4. The molecule has 2 atom stereocenters. The van der Waals surface area contributed by atoms with Crippen LogP contribution in [0, 0.1) is 0 Å². The Balaban J connectivity index is 2.10. The molecule has 0 spiro atoms. The lowest BCUT2D eigenvalue weighted by Gasteiger charge is -2.19. The maximum Gasteiger partial charge on any atom is 0.329 e. The second-order valence-corrected chi connectivity index (χ2v) is 6.65. The highest BCUT2D eigenvalue weighted by Crippen LogP contribution is 2.19. The zero-order valence-electron chi connectivity index (χ0n) is 15.4. The Labute approximate surface area is 157 Å². The topological polar surface area (TPSA) is 135 Å². The van der Waals surface area contributed by atoms with Gasteiger partial charge in [0.1, 0.15) is 12.1 Å². The van der Waals surface area contributed by atoms with Gasteiger partial charge in [0.25, 0.3) is 0 Å². The number of carbonyl (C=O) groups is 3. The monoisotopic (exact) mass is 375 g/mol. The van der Waals surface area contributed by atoms with E-state index in [1.807, 2.05) is 24.3 Å². The van der Waals surface area contributed by atoms with Crippen molar-refractivity contribution in [2.24, 2.45) is 5.73 Å². The van der Waals surface area contributed by atoms with Crippen molar-refractivity contribution in [2.45, 2.75) is 51.3 Å². The molecule has 1 aromatic carbocycles. The molecule has 2 rings (SSSR count). The van der Waals surface area contributed by atoms with Gasteiger partial charge in [0.2, 0.25) is 5.91 Å². The van der Waals surface area contributed by atoms with Gasteiger partial charge in [-0.1, -0.05) is 18.2 Å². The van der Waals surface area contributed by atoms with Crippen molar-refractivity contribution in [1.29, 1.82) is 0 Å². The van der Waals surface area contributed by atoms with E-state index in [4.69, 9.17) is 15.6 Å². The molecule has 0 radical (unpaired) electrons. The molecule has 146 valence electrons. The predicted octanol–water partition coefficient (Wildman–Crippen LogP) is 1.34. The van der Waals surface area contributed by atoms with Gasteiger partial charge in [-0.25, -0.2) is 4.79 Å². The van der Waals surface area contributed by atoms with Crippen LogP contribution in [0.25, 0.3) is 10.9 Å². The second kappa shape index (κ2) is 9.18. The lowest BCUT2D eigenvalue weighted by Crippen LogP contribution is -2.44. The van der Waals surface area contributed by atoms with Crippen LogP contribution in [0.15, 0.2) is 30.5 Å². The molecular weight excluding hydrogens is 350 g/mol. The van der Waals surface area contributed by atoms with Crippen molar-refractivity contribution in [1.82, 2.24) is 10.3 Å². The van der Waals surface area contributed by atoms with Crippen LogP contribution in [0.1, 0.15) is 32.3 Å². The highest BCUT2D eigenvalue weighted by atomic mass is 16.5. The summed E-state index contributed by atoms with van der Waals surface area (Å²) in [5.74, 6) is -2.15. The molecule has 2 aromatic rings. The molecule has 1 heterocycles. The lowest BCUT2D eigenvalue weighted by molar-refractivity contribution is -0.151. The van der Waals surface area contributed by atoms with E-state index in [-0.39, 0.29) is 25.4 Å². The van der Waals surface area contributed by atoms with E-state index in [0.717, 1.165) is 16.5 Å². The fourth-order valence-corrected chi connectivity index (χ4v) is 2.70. The van der Waals surface area contributed by atoms with E-state index >= 15 is 0 Å². The average Bonchev–Trinajstić information content (AvgIpc) is 3.01. The number of hydrogen-bond acceptors (Lipinski definition) is 5. The third kappa shape index (κ3) is 5.82. The van der Waals surface area contributed by atoms with Crippen molar-refractivity contribution in [3.63, 3.8) is 0 Å². The largest absolute Gasteiger partial charge is 0.480 e. The summed E-state index contributed by atoms with van der Waals surface area (Å²) in [6.07, 6.45) is 1.63. The van der Waals surface area contributed by atoms with E-state index in [2.05, 4.69) is 10.3 Å². The molecule has 27 heavy (non-hydrogen) atoms. The van der Waals surface area contributed by atoms with Gasteiger partial charge in [-0.05, 0) is 31.9 Å². The van der Waals surface area contributed by atoms with Crippen LogP contribution in [0.2, 0.25) is 0 Å². The second-order valence-electron chi connectivity index (χ2n) is 6.65. The number of amides is 1. The number of para-hydroxylation sites is 1. The summed E-state index contributed by atoms with van der Waals surface area (Å²) < 4.78 is 5.26. The third-order valence-electron chi connectivity index (χ3n) is 4.07. The van der Waals surface area contributed by atoms with Gasteiger partial charge < -0.3 is 25.9 Å². The first-order valence-electron chi connectivity index (χ1n) is 8.81. The SMILES string of the molecule is CC(C)OC(=O)[C@@H](Cc1c[nH]c2ccccc12)NC(=O)CC[C@@H](N)C(=O)O. The normalized spacial score (nSPS) is 13.3.